The van der Waals surface area contributed by atoms with Gasteiger partial charge >= 0.3 is 0 Å². The molecular weight excluding hydrogens is 406 g/mol. The zero-order chi connectivity index (χ0) is 21.6. The highest BCUT2D eigenvalue weighted by Crippen LogP contribution is 2.55. The second-order valence-electron chi connectivity index (χ2n) is 10.2. The minimum atomic E-state index is 0.375. The molecule has 1 atom stereocenters. The molecular formula is C27H32ClNO2. The van der Waals surface area contributed by atoms with Crippen LogP contribution in [0.1, 0.15) is 67.7 Å². The molecule has 2 saturated carbocycles. The van der Waals surface area contributed by atoms with Crippen molar-refractivity contribution in [3.8, 4) is 11.1 Å². The van der Waals surface area contributed by atoms with Crippen LogP contribution < -0.4 is 0 Å². The molecule has 164 valence electrons. The highest BCUT2D eigenvalue weighted by molar-refractivity contribution is 6.31. The van der Waals surface area contributed by atoms with Crippen LogP contribution in [0, 0.1) is 11.3 Å². The first-order valence-corrected chi connectivity index (χ1v) is 12.0. The number of rotatable bonds is 4. The fraction of sp³-hybridized carbons (Fsp3) is 0.519. The van der Waals surface area contributed by atoms with Crippen molar-refractivity contribution in [2.75, 3.05) is 20.2 Å². The maximum absolute atomic E-state index is 8.95. The number of ether oxygens (including phenoxy) is 1. The highest BCUT2D eigenvalue weighted by atomic mass is 35.5. The van der Waals surface area contributed by atoms with Gasteiger partial charge < -0.3 is 4.74 Å². The van der Waals surface area contributed by atoms with Crippen LogP contribution in [0.15, 0.2) is 36.4 Å². The van der Waals surface area contributed by atoms with Crippen molar-refractivity contribution < 1.29 is 9.53 Å². The summed E-state index contributed by atoms with van der Waals surface area (Å²) in [7, 11) is 1.31. The van der Waals surface area contributed by atoms with Crippen molar-refractivity contribution in [3.05, 3.63) is 58.1 Å². The predicted molar refractivity (Wildman–Crippen MR) is 125 cm³/mol. The van der Waals surface area contributed by atoms with Gasteiger partial charge in [-0.1, -0.05) is 48.9 Å². The van der Waals surface area contributed by atoms with Crippen molar-refractivity contribution in [2.24, 2.45) is 11.3 Å². The van der Waals surface area contributed by atoms with Crippen LogP contribution in [-0.2, 0) is 16.0 Å². The van der Waals surface area contributed by atoms with Crippen molar-refractivity contribution in [2.45, 2.75) is 57.4 Å². The number of halogens is 1. The van der Waals surface area contributed by atoms with E-state index in [1.165, 1.54) is 75.4 Å². The van der Waals surface area contributed by atoms with E-state index in [9.17, 15) is 0 Å². The van der Waals surface area contributed by atoms with Gasteiger partial charge in [0, 0.05) is 24.2 Å². The van der Waals surface area contributed by atoms with Crippen LogP contribution in [0.4, 0.5) is 0 Å². The van der Waals surface area contributed by atoms with Gasteiger partial charge in [0.1, 0.15) is 0 Å². The van der Waals surface area contributed by atoms with E-state index < -0.39 is 0 Å². The van der Waals surface area contributed by atoms with Gasteiger partial charge in [0.15, 0.2) is 0 Å². The van der Waals surface area contributed by atoms with Crippen LogP contribution >= 0.6 is 11.6 Å². The largest absolute Gasteiger partial charge is 0.471 e. The summed E-state index contributed by atoms with van der Waals surface area (Å²) in [6.07, 6.45) is 8.04. The van der Waals surface area contributed by atoms with Gasteiger partial charge in [0.05, 0.1) is 7.11 Å². The average molecular weight is 438 g/mol. The number of benzene rings is 2. The maximum Gasteiger partial charge on any atom is 0.292 e. The van der Waals surface area contributed by atoms with E-state index in [1.807, 2.05) is 0 Å². The Bertz CT molecular complexity index is 969. The average Bonchev–Trinajstić information content (AvgIpc) is 3.48. The molecule has 3 fully saturated rings. The lowest BCUT2D eigenvalue weighted by atomic mass is 9.58. The summed E-state index contributed by atoms with van der Waals surface area (Å²) >= 11 is 6.57. The van der Waals surface area contributed by atoms with Crippen molar-refractivity contribution in [3.63, 3.8) is 0 Å². The fourth-order valence-electron chi connectivity index (χ4n) is 6.30. The summed E-state index contributed by atoms with van der Waals surface area (Å²) in [6.45, 7) is 5.45. The zero-order valence-electron chi connectivity index (χ0n) is 18.6. The minimum Gasteiger partial charge on any atom is -0.471 e. The third-order valence-electron chi connectivity index (χ3n) is 7.72. The lowest BCUT2D eigenvalue weighted by Gasteiger charge is -2.60. The van der Waals surface area contributed by atoms with E-state index in [0.717, 1.165) is 10.9 Å². The molecule has 4 aliphatic rings. The van der Waals surface area contributed by atoms with Gasteiger partial charge in [-0.25, -0.2) is 0 Å². The highest BCUT2D eigenvalue weighted by Gasteiger charge is 2.52. The summed E-state index contributed by atoms with van der Waals surface area (Å²) in [4.78, 5) is 11.7. The second kappa shape index (κ2) is 8.26. The number of hydrogen-bond acceptors (Lipinski definition) is 3. The number of carbonyl (C=O) groups is 1. The Kier molecular flexibility index (Phi) is 5.60. The Morgan fingerprint density at radius 2 is 1.68 bits per heavy atom. The van der Waals surface area contributed by atoms with Crippen LogP contribution in [0.25, 0.3) is 11.1 Å². The molecule has 4 heteroatoms. The molecule has 1 heterocycles. The molecule has 3 aliphatic carbocycles. The zero-order valence-corrected chi connectivity index (χ0v) is 19.3. The number of methoxy groups -OCH3 is 1. The Hall–Kier alpha value is -1.84. The number of aryl methyl sites for hydroxylation is 1. The van der Waals surface area contributed by atoms with Crippen molar-refractivity contribution in [1.29, 1.82) is 0 Å². The Morgan fingerprint density at radius 3 is 2.26 bits per heavy atom. The molecule has 3 nitrogen and oxygen atoms in total. The summed E-state index contributed by atoms with van der Waals surface area (Å²) in [5.41, 5.74) is 7.78. The van der Waals surface area contributed by atoms with Gasteiger partial charge in [0.25, 0.3) is 6.47 Å². The van der Waals surface area contributed by atoms with Crippen LogP contribution in [0.5, 0.6) is 0 Å². The van der Waals surface area contributed by atoms with E-state index >= 15 is 0 Å². The fourth-order valence-corrected chi connectivity index (χ4v) is 6.63. The van der Waals surface area contributed by atoms with E-state index in [2.05, 4.69) is 53.0 Å². The SMILES string of the molecule is CC1CC2(C1)CN(C1CCc3cc(-c4ccc(C5CC5)c(Cl)c4)ccc31)C2.COC=O. The third-order valence-corrected chi connectivity index (χ3v) is 8.04. The molecule has 0 radical (unpaired) electrons. The smallest absolute Gasteiger partial charge is 0.292 e. The molecule has 2 aromatic rings. The molecule has 0 N–H and O–H groups in total. The van der Waals surface area contributed by atoms with E-state index in [0.29, 0.717) is 23.8 Å². The number of carbonyl (C=O) groups excluding carboxylic acids is 1. The number of nitrogens with zero attached hydrogens (tertiary/aromatic N) is 1. The summed E-state index contributed by atoms with van der Waals surface area (Å²) in [5.74, 6) is 1.68. The lowest BCUT2D eigenvalue weighted by molar-refractivity contribution is -0.126. The predicted octanol–water partition coefficient (Wildman–Crippen LogP) is 6.39. The molecule has 0 bridgehead atoms. The lowest BCUT2D eigenvalue weighted by Crippen LogP contribution is -2.62. The van der Waals surface area contributed by atoms with Gasteiger partial charge in [-0.15, -0.1) is 0 Å². The summed E-state index contributed by atoms with van der Waals surface area (Å²) < 4.78 is 3.86. The Balaban J connectivity index is 0.000000473. The topological polar surface area (TPSA) is 29.5 Å². The summed E-state index contributed by atoms with van der Waals surface area (Å²) in [5, 5.41) is 0.953. The first-order valence-electron chi connectivity index (χ1n) is 11.6. The van der Waals surface area contributed by atoms with Crippen LogP contribution in [-0.4, -0.2) is 31.6 Å². The van der Waals surface area contributed by atoms with Gasteiger partial charge in [-0.2, -0.15) is 0 Å². The third kappa shape index (κ3) is 4.03. The second-order valence-corrected chi connectivity index (χ2v) is 10.6. The molecule has 0 amide bonds. The molecule has 1 unspecified atom stereocenters. The number of hydrogen-bond donors (Lipinski definition) is 0. The van der Waals surface area contributed by atoms with E-state index in [4.69, 9.17) is 16.4 Å². The quantitative estimate of drug-likeness (QED) is 0.519. The minimum absolute atomic E-state index is 0.375. The van der Waals surface area contributed by atoms with Crippen LogP contribution in [0.3, 0.4) is 0 Å². The van der Waals surface area contributed by atoms with Gasteiger partial charge in [-0.05, 0) is 89.7 Å². The van der Waals surface area contributed by atoms with Crippen molar-refractivity contribution in [1.82, 2.24) is 4.90 Å². The van der Waals surface area contributed by atoms with E-state index in [-0.39, 0.29) is 0 Å². The monoisotopic (exact) mass is 437 g/mol. The molecule has 1 saturated heterocycles. The first-order chi connectivity index (χ1) is 15.0. The van der Waals surface area contributed by atoms with E-state index in [1.54, 1.807) is 11.1 Å². The van der Waals surface area contributed by atoms with Crippen molar-refractivity contribution >= 4 is 18.1 Å². The maximum atomic E-state index is 8.95. The molecule has 31 heavy (non-hydrogen) atoms. The van der Waals surface area contributed by atoms with Crippen LogP contribution in [0.2, 0.25) is 5.02 Å². The number of likely N-dealkylation sites (tertiary alicyclic amines) is 1. The Labute approximate surface area is 190 Å². The summed E-state index contributed by atoms with van der Waals surface area (Å²) in [6, 6.07) is 14.5. The molecule has 1 aliphatic heterocycles. The first kappa shape index (κ1) is 21.0. The Morgan fingerprint density at radius 1 is 1.03 bits per heavy atom. The molecule has 2 aromatic carbocycles. The molecule has 0 aromatic heterocycles. The normalized spacial score (nSPS) is 23.9. The molecule has 1 spiro atoms. The van der Waals surface area contributed by atoms with Gasteiger partial charge in [0.2, 0.25) is 0 Å². The van der Waals surface area contributed by atoms with Gasteiger partial charge in [-0.3, -0.25) is 9.69 Å². The number of fused-ring (bicyclic) bond motifs is 1. The standard InChI is InChI=1S/C25H28ClN.C2H4O2/c1-16-12-25(13-16)14-27(15-25)24-9-6-20-10-18(5-8-22(20)24)19-4-7-21(17-2-3-17)23(26)11-19;1-4-2-3/h4-5,7-8,10-11,16-17,24H,2-3,6,9,12-15H2,1H3;2H,1H3. The molecule has 6 rings (SSSR count).